The number of alkyl halides is 2. The number of carbonyl (C=O) groups is 1. The van der Waals surface area contributed by atoms with Crippen LogP contribution in [0.2, 0.25) is 0 Å². The largest absolute Gasteiger partial charge is 0.468 e. The number of carbonyl (C=O) groups excluding carboxylic acids is 1. The van der Waals surface area contributed by atoms with E-state index in [9.17, 15) is 4.79 Å². The van der Waals surface area contributed by atoms with E-state index in [4.69, 9.17) is 4.74 Å². The number of hydrogen-bond acceptors (Lipinski definition) is 2. The topological polar surface area (TPSA) is 26.3 Å². The Morgan fingerprint density at radius 3 is 2.50 bits per heavy atom. The average Bonchev–Trinajstić information content (AvgIpc) is 2.63. The average molecular weight is 328 g/mol. The Balaban J connectivity index is 2.52. The normalized spacial score (nSPS) is 33.2. The second-order valence-electron chi connectivity index (χ2n) is 4.51. The minimum Gasteiger partial charge on any atom is -0.468 e. The molecule has 0 radical (unpaired) electrons. The first-order valence-electron chi connectivity index (χ1n) is 4.76. The number of halogens is 2. The highest BCUT2D eigenvalue weighted by Crippen LogP contribution is 2.62. The van der Waals surface area contributed by atoms with Crippen LogP contribution in [0.1, 0.15) is 20.8 Å². The van der Waals surface area contributed by atoms with Crippen molar-refractivity contribution in [2.24, 2.45) is 17.3 Å². The SMILES string of the molecule is CC(Br)C(Br)C1C(COC=O)C1(C)C. The van der Waals surface area contributed by atoms with Crippen LogP contribution >= 0.6 is 31.9 Å². The molecular weight excluding hydrogens is 312 g/mol. The van der Waals surface area contributed by atoms with E-state index in [1.54, 1.807) is 0 Å². The van der Waals surface area contributed by atoms with Crippen molar-refractivity contribution in [2.75, 3.05) is 6.61 Å². The van der Waals surface area contributed by atoms with Crippen LogP contribution in [0.3, 0.4) is 0 Å². The maximum Gasteiger partial charge on any atom is 0.293 e. The molecule has 0 aliphatic heterocycles. The van der Waals surface area contributed by atoms with Gasteiger partial charge in [-0.05, 0) is 11.3 Å². The molecule has 0 bridgehead atoms. The molecule has 0 N–H and O–H groups in total. The van der Waals surface area contributed by atoms with Gasteiger partial charge in [0, 0.05) is 15.6 Å². The number of rotatable bonds is 5. The second kappa shape index (κ2) is 4.52. The molecule has 1 rings (SSSR count). The first-order valence-corrected chi connectivity index (χ1v) is 6.59. The Hall–Kier alpha value is 0.430. The van der Waals surface area contributed by atoms with Gasteiger partial charge in [-0.3, -0.25) is 4.79 Å². The Morgan fingerprint density at radius 2 is 2.07 bits per heavy atom. The van der Waals surface area contributed by atoms with Crippen molar-refractivity contribution < 1.29 is 9.53 Å². The molecule has 0 aromatic heterocycles. The summed E-state index contributed by atoms with van der Waals surface area (Å²) >= 11 is 7.26. The number of hydrogen-bond donors (Lipinski definition) is 0. The van der Waals surface area contributed by atoms with E-state index in [1.165, 1.54) is 0 Å². The smallest absolute Gasteiger partial charge is 0.293 e. The van der Waals surface area contributed by atoms with Crippen molar-refractivity contribution in [1.29, 1.82) is 0 Å². The molecule has 82 valence electrons. The quantitative estimate of drug-likeness (QED) is 0.573. The van der Waals surface area contributed by atoms with E-state index in [1.807, 2.05) is 0 Å². The molecule has 0 aromatic rings. The zero-order valence-electron chi connectivity index (χ0n) is 8.67. The van der Waals surface area contributed by atoms with Crippen LogP contribution in [0.25, 0.3) is 0 Å². The van der Waals surface area contributed by atoms with E-state index < -0.39 is 0 Å². The summed E-state index contributed by atoms with van der Waals surface area (Å²) in [6.45, 7) is 7.65. The van der Waals surface area contributed by atoms with E-state index in [0.717, 1.165) is 0 Å². The molecule has 2 nitrogen and oxygen atoms in total. The third-order valence-electron chi connectivity index (χ3n) is 3.26. The van der Waals surface area contributed by atoms with Gasteiger partial charge in [0.15, 0.2) is 0 Å². The van der Waals surface area contributed by atoms with E-state index in [2.05, 4.69) is 52.6 Å². The third-order valence-corrected chi connectivity index (χ3v) is 5.91. The maximum absolute atomic E-state index is 10.1. The molecule has 0 saturated heterocycles. The van der Waals surface area contributed by atoms with Crippen LogP contribution in [-0.2, 0) is 9.53 Å². The molecule has 1 fully saturated rings. The molecule has 14 heavy (non-hydrogen) atoms. The Labute approximate surface area is 102 Å². The van der Waals surface area contributed by atoms with Gasteiger partial charge in [0.25, 0.3) is 6.47 Å². The summed E-state index contributed by atoms with van der Waals surface area (Å²) in [6, 6.07) is 0. The lowest BCUT2D eigenvalue weighted by molar-refractivity contribution is -0.129. The summed E-state index contributed by atoms with van der Waals surface area (Å²) in [5.41, 5.74) is 0.277. The minimum atomic E-state index is 0.277. The number of ether oxygens (including phenoxy) is 1. The lowest BCUT2D eigenvalue weighted by atomic mass is 10.1. The van der Waals surface area contributed by atoms with Crippen molar-refractivity contribution in [3.8, 4) is 0 Å². The first-order chi connectivity index (χ1) is 6.42. The highest BCUT2D eigenvalue weighted by atomic mass is 79.9. The minimum absolute atomic E-state index is 0.277. The molecule has 1 aliphatic carbocycles. The Kier molecular flexibility index (Phi) is 4.03. The van der Waals surface area contributed by atoms with Crippen molar-refractivity contribution in [3.63, 3.8) is 0 Å². The molecule has 0 amide bonds. The van der Waals surface area contributed by atoms with Crippen molar-refractivity contribution in [2.45, 2.75) is 30.4 Å². The van der Waals surface area contributed by atoms with Gasteiger partial charge in [-0.25, -0.2) is 0 Å². The maximum atomic E-state index is 10.1. The van der Waals surface area contributed by atoms with Crippen molar-refractivity contribution in [1.82, 2.24) is 0 Å². The summed E-state index contributed by atoms with van der Waals surface area (Å²) in [5.74, 6) is 1.06. The fourth-order valence-electron chi connectivity index (χ4n) is 2.17. The molecule has 4 atom stereocenters. The first kappa shape index (κ1) is 12.5. The zero-order valence-corrected chi connectivity index (χ0v) is 11.8. The predicted octanol–water partition coefficient (Wildman–Crippen LogP) is 2.98. The van der Waals surface area contributed by atoms with Gasteiger partial charge in [-0.15, -0.1) is 0 Å². The third kappa shape index (κ3) is 2.32. The summed E-state index contributed by atoms with van der Waals surface area (Å²) < 4.78 is 4.84. The van der Waals surface area contributed by atoms with Crippen molar-refractivity contribution >= 4 is 38.3 Å². The van der Waals surface area contributed by atoms with E-state index >= 15 is 0 Å². The van der Waals surface area contributed by atoms with Crippen LogP contribution < -0.4 is 0 Å². The van der Waals surface area contributed by atoms with Gasteiger partial charge in [-0.2, -0.15) is 0 Å². The van der Waals surface area contributed by atoms with Crippen LogP contribution in [0.15, 0.2) is 0 Å². The van der Waals surface area contributed by atoms with Crippen molar-refractivity contribution in [3.05, 3.63) is 0 Å². The molecule has 1 aliphatic rings. The fraction of sp³-hybridized carbons (Fsp3) is 0.900. The van der Waals surface area contributed by atoms with Crippen LogP contribution in [0.4, 0.5) is 0 Å². The summed E-state index contributed by atoms with van der Waals surface area (Å²) in [5, 5.41) is 0. The van der Waals surface area contributed by atoms with Gasteiger partial charge in [0.1, 0.15) is 0 Å². The predicted molar refractivity (Wildman–Crippen MR) is 63.9 cm³/mol. The van der Waals surface area contributed by atoms with Gasteiger partial charge < -0.3 is 4.74 Å². The Bertz CT molecular complexity index is 216. The van der Waals surface area contributed by atoms with Gasteiger partial charge in [-0.1, -0.05) is 52.6 Å². The zero-order chi connectivity index (χ0) is 10.9. The van der Waals surface area contributed by atoms with Crippen LogP contribution in [-0.4, -0.2) is 22.7 Å². The highest BCUT2D eigenvalue weighted by molar-refractivity contribution is 9.12. The molecular formula is C10H16Br2O2. The monoisotopic (exact) mass is 326 g/mol. The second-order valence-corrected chi connectivity index (χ2v) is 7.01. The lowest BCUT2D eigenvalue weighted by Gasteiger charge is -2.13. The standard InChI is InChI=1S/C10H16Br2O2/c1-6(11)9(12)8-7(4-14-5-13)10(8,2)3/h5-9H,4H2,1-3H3. The molecule has 0 heterocycles. The van der Waals surface area contributed by atoms with Gasteiger partial charge in [0.2, 0.25) is 0 Å². The van der Waals surface area contributed by atoms with Gasteiger partial charge >= 0.3 is 0 Å². The molecule has 0 spiro atoms. The fourth-order valence-corrected chi connectivity index (χ4v) is 3.54. The van der Waals surface area contributed by atoms with Crippen LogP contribution in [0, 0.1) is 17.3 Å². The van der Waals surface area contributed by atoms with E-state index in [0.29, 0.717) is 34.6 Å². The van der Waals surface area contributed by atoms with Crippen LogP contribution in [0.5, 0.6) is 0 Å². The van der Waals surface area contributed by atoms with Gasteiger partial charge in [0.05, 0.1) is 6.61 Å². The molecule has 4 heteroatoms. The summed E-state index contributed by atoms with van der Waals surface area (Å²) in [6.07, 6.45) is 0. The Morgan fingerprint density at radius 1 is 1.50 bits per heavy atom. The summed E-state index contributed by atoms with van der Waals surface area (Å²) in [4.78, 5) is 11.0. The molecule has 0 aromatic carbocycles. The highest BCUT2D eigenvalue weighted by Gasteiger charge is 2.61. The lowest BCUT2D eigenvalue weighted by Crippen LogP contribution is -2.15. The van der Waals surface area contributed by atoms with E-state index in [-0.39, 0.29) is 5.41 Å². The molecule has 4 unspecified atom stereocenters. The summed E-state index contributed by atoms with van der Waals surface area (Å²) in [7, 11) is 0. The molecule has 1 saturated carbocycles.